The Morgan fingerprint density at radius 2 is 1.36 bits per heavy atom. The van der Waals surface area contributed by atoms with Crippen molar-refractivity contribution in [1.82, 2.24) is 5.32 Å². The monoisotopic (exact) mass is 575 g/mol. The van der Waals surface area contributed by atoms with Crippen LogP contribution in [0.4, 0.5) is 0 Å². The van der Waals surface area contributed by atoms with Crippen molar-refractivity contribution in [3.63, 3.8) is 0 Å². The van der Waals surface area contributed by atoms with Crippen LogP contribution in [0.3, 0.4) is 0 Å². The minimum absolute atomic E-state index is 0.00528. The van der Waals surface area contributed by atoms with Crippen molar-refractivity contribution in [2.75, 3.05) is 0 Å². The fourth-order valence-corrected chi connectivity index (χ4v) is 3.72. The number of hydrogen-bond donors (Lipinski definition) is 1. The van der Waals surface area contributed by atoms with E-state index >= 15 is 0 Å². The van der Waals surface area contributed by atoms with Crippen molar-refractivity contribution in [2.45, 2.75) is 100 Å². The molecule has 5 nitrogen and oxygen atoms in total. The minimum atomic E-state index is -0.0905. The highest BCUT2D eigenvalue weighted by Crippen LogP contribution is 2.27. The summed E-state index contributed by atoms with van der Waals surface area (Å²) >= 11 is 0. The van der Waals surface area contributed by atoms with Gasteiger partial charge in [-0.25, -0.2) is 0 Å². The Bertz CT molecular complexity index is 1220. The first-order valence-corrected chi connectivity index (χ1v) is 14.5. The summed E-state index contributed by atoms with van der Waals surface area (Å²) in [7, 11) is 0. The number of benzene rings is 2. The molecule has 2 rings (SSSR count). The Morgan fingerprint density at radius 1 is 0.881 bits per heavy atom. The maximum Gasteiger partial charge on any atom is 0.217 e. The first-order chi connectivity index (χ1) is 19.4. The van der Waals surface area contributed by atoms with Crippen molar-refractivity contribution in [2.24, 2.45) is 5.92 Å². The Kier molecular flexibility index (Phi) is 16.4. The van der Waals surface area contributed by atoms with E-state index in [2.05, 4.69) is 63.9 Å². The van der Waals surface area contributed by atoms with Gasteiger partial charge in [0.25, 0.3) is 0 Å². The molecule has 0 bridgehead atoms. The van der Waals surface area contributed by atoms with E-state index in [4.69, 9.17) is 4.74 Å². The standard InChI is InChI=1S/C17H20O.C14H20O2.C6H13NO/c1-13-5-9-15(10-6-13)18-16-11-7-14(8-12-16)17(2,3)4;1-6-9-13(12(8-3)11(5)15)14(16)10(4)7-2;1-5(8)7-6(2,3)4/h5-12H,1-4H3;6,8-10H,1,7H2,2-5H3;1-4H3,(H,7,8)/b;12-8-,13-9+;. The lowest BCUT2D eigenvalue weighted by molar-refractivity contribution is -0.120. The number of ketones is 2. The Labute approximate surface area is 255 Å². The molecule has 2 aromatic rings. The molecule has 1 amide bonds. The smallest absolute Gasteiger partial charge is 0.217 e. The fourth-order valence-electron chi connectivity index (χ4n) is 3.72. The summed E-state index contributed by atoms with van der Waals surface area (Å²) in [4.78, 5) is 33.8. The van der Waals surface area contributed by atoms with Crippen LogP contribution in [-0.2, 0) is 19.8 Å². The van der Waals surface area contributed by atoms with E-state index in [9.17, 15) is 14.4 Å². The molecule has 0 aliphatic carbocycles. The van der Waals surface area contributed by atoms with Gasteiger partial charge in [0.05, 0.1) is 0 Å². The second-order valence-electron chi connectivity index (χ2n) is 12.4. The minimum Gasteiger partial charge on any atom is -0.457 e. The molecule has 0 aliphatic heterocycles. The Hall–Kier alpha value is -3.73. The van der Waals surface area contributed by atoms with Crippen LogP contribution in [0.15, 0.2) is 84.5 Å². The third-order valence-corrected chi connectivity index (χ3v) is 6.10. The van der Waals surface area contributed by atoms with Gasteiger partial charge >= 0.3 is 0 Å². The number of rotatable bonds is 8. The summed E-state index contributed by atoms with van der Waals surface area (Å²) in [5.41, 5.74) is 3.61. The van der Waals surface area contributed by atoms with Crippen LogP contribution in [0.5, 0.6) is 11.5 Å². The summed E-state index contributed by atoms with van der Waals surface area (Å²) in [6.07, 6.45) is 5.60. The van der Waals surface area contributed by atoms with E-state index in [1.807, 2.05) is 58.9 Å². The van der Waals surface area contributed by atoms with Gasteiger partial charge in [-0.2, -0.15) is 0 Å². The SMILES string of the molecule is C=C/C=C(C(=O)C(C)CC)\C(=C/C)C(C)=O.CC(=O)NC(C)(C)C.Cc1ccc(Oc2ccc(C(C)(C)C)cc2)cc1. The molecule has 1 atom stereocenters. The van der Waals surface area contributed by atoms with E-state index in [0.717, 1.165) is 17.9 Å². The number of carbonyl (C=O) groups excluding carboxylic acids is 3. The largest absolute Gasteiger partial charge is 0.457 e. The maximum atomic E-state index is 12.1. The fraction of sp³-hybridized carbons (Fsp3) is 0.432. The van der Waals surface area contributed by atoms with E-state index in [0.29, 0.717) is 11.1 Å². The molecule has 0 fully saturated rings. The number of allylic oxidation sites excluding steroid dienone is 5. The molecule has 2 aromatic carbocycles. The normalized spacial score (nSPS) is 12.5. The second kappa shape index (κ2) is 17.9. The lowest BCUT2D eigenvalue weighted by Crippen LogP contribution is -2.38. The summed E-state index contributed by atoms with van der Waals surface area (Å²) in [6, 6.07) is 16.4. The zero-order chi connectivity index (χ0) is 32.7. The molecule has 230 valence electrons. The van der Waals surface area contributed by atoms with Gasteiger partial charge in [-0.1, -0.05) is 89.3 Å². The highest BCUT2D eigenvalue weighted by atomic mass is 16.5. The van der Waals surface area contributed by atoms with Gasteiger partial charge in [0.2, 0.25) is 5.91 Å². The van der Waals surface area contributed by atoms with Gasteiger partial charge in [0.15, 0.2) is 11.6 Å². The average molecular weight is 576 g/mol. The van der Waals surface area contributed by atoms with Crippen molar-refractivity contribution in [3.8, 4) is 11.5 Å². The van der Waals surface area contributed by atoms with Gasteiger partial charge < -0.3 is 10.1 Å². The number of ether oxygens (including phenoxy) is 1. The van der Waals surface area contributed by atoms with Crippen LogP contribution in [0.1, 0.15) is 93.7 Å². The maximum absolute atomic E-state index is 12.1. The summed E-state index contributed by atoms with van der Waals surface area (Å²) < 4.78 is 5.80. The molecule has 5 heteroatoms. The first kappa shape index (κ1) is 38.3. The molecule has 1 unspecified atom stereocenters. The summed E-state index contributed by atoms with van der Waals surface area (Å²) in [6.45, 7) is 26.7. The predicted molar refractivity (Wildman–Crippen MR) is 177 cm³/mol. The van der Waals surface area contributed by atoms with E-state index in [1.54, 1.807) is 25.2 Å². The number of amides is 1. The van der Waals surface area contributed by atoms with Crippen LogP contribution in [-0.4, -0.2) is 23.0 Å². The van der Waals surface area contributed by atoms with Gasteiger partial charge in [-0.15, -0.1) is 0 Å². The number of hydrogen-bond acceptors (Lipinski definition) is 4. The molecular formula is C37H53NO4. The quantitative estimate of drug-likeness (QED) is 0.251. The zero-order valence-electron chi connectivity index (χ0n) is 28.0. The second-order valence-corrected chi connectivity index (χ2v) is 12.4. The lowest BCUT2D eigenvalue weighted by atomic mass is 9.87. The van der Waals surface area contributed by atoms with E-state index < -0.39 is 0 Å². The molecular weight excluding hydrogens is 522 g/mol. The molecule has 0 saturated heterocycles. The average Bonchev–Trinajstić information content (AvgIpc) is 2.88. The third-order valence-electron chi connectivity index (χ3n) is 6.10. The van der Waals surface area contributed by atoms with Crippen LogP contribution in [0.25, 0.3) is 0 Å². The molecule has 0 aliphatic rings. The van der Waals surface area contributed by atoms with Crippen LogP contribution in [0, 0.1) is 12.8 Å². The van der Waals surface area contributed by atoms with Gasteiger partial charge in [-0.3, -0.25) is 14.4 Å². The lowest BCUT2D eigenvalue weighted by Gasteiger charge is -2.19. The van der Waals surface area contributed by atoms with Crippen molar-refractivity contribution >= 4 is 17.5 Å². The number of aryl methyl sites for hydroxylation is 1. The Balaban J connectivity index is 0.000000646. The highest BCUT2D eigenvalue weighted by molar-refractivity contribution is 6.12. The van der Waals surface area contributed by atoms with Crippen molar-refractivity contribution in [3.05, 3.63) is 95.6 Å². The molecule has 0 saturated carbocycles. The summed E-state index contributed by atoms with van der Waals surface area (Å²) in [5, 5.41) is 2.74. The molecule has 42 heavy (non-hydrogen) atoms. The Morgan fingerprint density at radius 3 is 1.67 bits per heavy atom. The van der Waals surface area contributed by atoms with E-state index in [1.165, 1.54) is 25.0 Å². The van der Waals surface area contributed by atoms with E-state index in [-0.39, 0.29) is 34.3 Å². The molecule has 0 spiro atoms. The molecule has 0 radical (unpaired) electrons. The summed E-state index contributed by atoms with van der Waals surface area (Å²) in [5.74, 6) is 1.63. The zero-order valence-corrected chi connectivity index (χ0v) is 28.0. The first-order valence-electron chi connectivity index (χ1n) is 14.5. The molecule has 0 heterocycles. The van der Waals surface area contributed by atoms with Crippen LogP contribution in [0.2, 0.25) is 0 Å². The van der Waals surface area contributed by atoms with Crippen LogP contribution < -0.4 is 10.1 Å². The topological polar surface area (TPSA) is 72.5 Å². The molecule has 1 N–H and O–H groups in total. The number of Topliss-reactive ketones (excluding diaryl/α,β-unsaturated/α-hetero) is 2. The van der Waals surface area contributed by atoms with Crippen molar-refractivity contribution < 1.29 is 19.1 Å². The van der Waals surface area contributed by atoms with Gasteiger partial charge in [0, 0.05) is 29.5 Å². The highest BCUT2D eigenvalue weighted by Gasteiger charge is 2.20. The van der Waals surface area contributed by atoms with Gasteiger partial charge in [-0.05, 0) is 83.2 Å². The van der Waals surface area contributed by atoms with Crippen LogP contribution >= 0.6 is 0 Å². The third kappa shape index (κ3) is 15.3. The molecule has 0 aromatic heterocycles. The predicted octanol–water partition coefficient (Wildman–Crippen LogP) is 9.26. The number of nitrogens with one attached hydrogen (secondary N) is 1. The van der Waals surface area contributed by atoms with Crippen molar-refractivity contribution in [1.29, 1.82) is 0 Å². The number of carbonyl (C=O) groups is 3. The van der Waals surface area contributed by atoms with Gasteiger partial charge in [0.1, 0.15) is 11.5 Å².